The van der Waals surface area contributed by atoms with Crippen LogP contribution in [0.4, 0.5) is 0 Å². The third-order valence-electron chi connectivity index (χ3n) is 2.13. The Balaban J connectivity index is 2.58. The van der Waals surface area contributed by atoms with Gasteiger partial charge in [-0.25, -0.2) is 9.97 Å². The van der Waals surface area contributed by atoms with Crippen LogP contribution in [0, 0.1) is 0 Å². The molecule has 0 aliphatic carbocycles. The first-order chi connectivity index (χ1) is 7.29. The van der Waals surface area contributed by atoms with E-state index in [1.807, 2.05) is 30.3 Å². The summed E-state index contributed by atoms with van der Waals surface area (Å²) < 4.78 is 0. The molecule has 0 saturated heterocycles. The van der Waals surface area contributed by atoms with Gasteiger partial charge in [-0.2, -0.15) is 0 Å². The van der Waals surface area contributed by atoms with Gasteiger partial charge in [0.05, 0.1) is 0 Å². The maximum atomic E-state index is 11.3. The molecule has 0 aliphatic heterocycles. The normalized spacial score (nSPS) is 9.93. The molecule has 0 aliphatic rings. The fraction of sp³-hybridized carbons (Fsp3) is 0.0833. The molecule has 1 aromatic heterocycles. The minimum atomic E-state index is -0.0451. The summed E-state index contributed by atoms with van der Waals surface area (Å²) in [6.07, 6.45) is 3.06. The summed E-state index contributed by atoms with van der Waals surface area (Å²) in [6, 6.07) is 9.65. The van der Waals surface area contributed by atoms with E-state index in [0.29, 0.717) is 5.69 Å². The van der Waals surface area contributed by atoms with Crippen molar-refractivity contribution in [2.24, 2.45) is 0 Å². The number of hydrogen-bond acceptors (Lipinski definition) is 3. The van der Waals surface area contributed by atoms with Crippen molar-refractivity contribution >= 4 is 5.78 Å². The molecule has 0 unspecified atom stereocenters. The van der Waals surface area contributed by atoms with Crippen molar-refractivity contribution in [1.29, 1.82) is 0 Å². The third kappa shape index (κ3) is 1.91. The number of Topliss-reactive ketones (excluding diaryl/α,β-unsaturated/α-hetero) is 1. The van der Waals surface area contributed by atoms with E-state index >= 15 is 0 Å². The Labute approximate surface area is 87.8 Å². The molecule has 3 nitrogen and oxygen atoms in total. The molecular formula is C12H10N2O. The number of carbonyl (C=O) groups is 1. The third-order valence-corrected chi connectivity index (χ3v) is 2.13. The minimum absolute atomic E-state index is 0.0451. The summed E-state index contributed by atoms with van der Waals surface area (Å²) in [4.78, 5) is 19.3. The summed E-state index contributed by atoms with van der Waals surface area (Å²) in [5.41, 5.74) is 2.21. The number of nitrogens with zero attached hydrogens (tertiary/aromatic N) is 2. The molecule has 0 atom stereocenters. The first-order valence-electron chi connectivity index (χ1n) is 4.65. The molecule has 2 aromatic rings. The van der Waals surface area contributed by atoms with E-state index in [2.05, 4.69) is 9.97 Å². The molecule has 1 heterocycles. The number of rotatable bonds is 2. The van der Waals surface area contributed by atoms with Crippen LogP contribution in [-0.2, 0) is 0 Å². The number of aromatic nitrogens is 2. The maximum absolute atomic E-state index is 11.3. The van der Waals surface area contributed by atoms with E-state index in [1.165, 1.54) is 13.3 Å². The van der Waals surface area contributed by atoms with Crippen LogP contribution < -0.4 is 0 Å². The van der Waals surface area contributed by atoms with E-state index in [4.69, 9.17) is 0 Å². The van der Waals surface area contributed by atoms with Gasteiger partial charge in [-0.3, -0.25) is 4.79 Å². The zero-order valence-electron chi connectivity index (χ0n) is 8.34. The highest BCUT2D eigenvalue weighted by Crippen LogP contribution is 2.20. The molecule has 3 heteroatoms. The lowest BCUT2D eigenvalue weighted by molar-refractivity contribution is 0.101. The Morgan fingerprint density at radius 2 is 1.93 bits per heavy atom. The molecule has 0 amide bonds. The number of ketones is 1. The minimum Gasteiger partial charge on any atom is -0.293 e. The van der Waals surface area contributed by atoms with Crippen LogP contribution in [-0.4, -0.2) is 15.8 Å². The SMILES string of the molecule is CC(=O)c1ncncc1-c1ccccc1. The standard InChI is InChI=1S/C12H10N2O/c1-9(15)12-11(7-13-8-14-12)10-5-3-2-4-6-10/h2-8H,1H3. The Morgan fingerprint density at radius 1 is 1.20 bits per heavy atom. The molecular weight excluding hydrogens is 188 g/mol. The van der Waals surface area contributed by atoms with Crippen LogP contribution in [0.1, 0.15) is 17.4 Å². The van der Waals surface area contributed by atoms with Crippen molar-refractivity contribution in [3.05, 3.63) is 48.5 Å². The largest absolute Gasteiger partial charge is 0.293 e. The predicted molar refractivity (Wildman–Crippen MR) is 57.5 cm³/mol. The van der Waals surface area contributed by atoms with Gasteiger partial charge in [-0.05, 0) is 5.56 Å². The summed E-state index contributed by atoms with van der Waals surface area (Å²) in [7, 11) is 0. The highest BCUT2D eigenvalue weighted by molar-refractivity contribution is 5.98. The summed E-state index contributed by atoms with van der Waals surface area (Å²) >= 11 is 0. The molecule has 0 radical (unpaired) electrons. The zero-order chi connectivity index (χ0) is 10.7. The van der Waals surface area contributed by atoms with E-state index in [-0.39, 0.29) is 5.78 Å². The van der Waals surface area contributed by atoms with Crippen LogP contribution in [0.25, 0.3) is 11.1 Å². The fourth-order valence-corrected chi connectivity index (χ4v) is 1.44. The van der Waals surface area contributed by atoms with Crippen LogP contribution >= 0.6 is 0 Å². The van der Waals surface area contributed by atoms with E-state index in [9.17, 15) is 4.79 Å². The average Bonchev–Trinajstić information content (AvgIpc) is 2.30. The van der Waals surface area contributed by atoms with Crippen LogP contribution in [0.5, 0.6) is 0 Å². The summed E-state index contributed by atoms with van der Waals surface area (Å²) in [5, 5.41) is 0. The fourth-order valence-electron chi connectivity index (χ4n) is 1.44. The quantitative estimate of drug-likeness (QED) is 0.695. The Hall–Kier alpha value is -2.03. The second-order valence-electron chi connectivity index (χ2n) is 3.21. The Kier molecular flexibility index (Phi) is 2.54. The van der Waals surface area contributed by atoms with Gasteiger partial charge in [-0.1, -0.05) is 30.3 Å². The lowest BCUT2D eigenvalue weighted by atomic mass is 10.0. The lowest BCUT2D eigenvalue weighted by Crippen LogP contribution is -2.00. The molecule has 0 spiro atoms. The molecule has 2 rings (SSSR count). The number of carbonyl (C=O) groups excluding carboxylic acids is 1. The first kappa shape index (κ1) is 9.52. The van der Waals surface area contributed by atoms with Gasteiger partial charge in [0.1, 0.15) is 12.0 Å². The zero-order valence-corrected chi connectivity index (χ0v) is 8.34. The number of benzene rings is 1. The van der Waals surface area contributed by atoms with Gasteiger partial charge in [0, 0.05) is 18.7 Å². The van der Waals surface area contributed by atoms with E-state index in [0.717, 1.165) is 11.1 Å². The molecule has 15 heavy (non-hydrogen) atoms. The van der Waals surface area contributed by atoms with Crippen LogP contribution in [0.15, 0.2) is 42.9 Å². The molecule has 0 N–H and O–H groups in total. The predicted octanol–water partition coefficient (Wildman–Crippen LogP) is 2.35. The van der Waals surface area contributed by atoms with Crippen LogP contribution in [0.2, 0.25) is 0 Å². The van der Waals surface area contributed by atoms with Crippen molar-refractivity contribution < 1.29 is 4.79 Å². The highest BCUT2D eigenvalue weighted by Gasteiger charge is 2.09. The second-order valence-corrected chi connectivity index (χ2v) is 3.21. The maximum Gasteiger partial charge on any atom is 0.178 e. The lowest BCUT2D eigenvalue weighted by Gasteiger charge is -2.04. The Morgan fingerprint density at radius 3 is 2.60 bits per heavy atom. The van der Waals surface area contributed by atoms with E-state index < -0.39 is 0 Å². The molecule has 1 aromatic carbocycles. The van der Waals surface area contributed by atoms with Gasteiger partial charge < -0.3 is 0 Å². The number of hydrogen-bond donors (Lipinski definition) is 0. The summed E-state index contributed by atoms with van der Waals surface area (Å²) in [5.74, 6) is -0.0451. The van der Waals surface area contributed by atoms with Crippen molar-refractivity contribution in [1.82, 2.24) is 9.97 Å². The monoisotopic (exact) mass is 198 g/mol. The van der Waals surface area contributed by atoms with Crippen molar-refractivity contribution in [3.8, 4) is 11.1 Å². The summed E-state index contributed by atoms with van der Waals surface area (Å²) in [6.45, 7) is 1.51. The van der Waals surface area contributed by atoms with Crippen molar-refractivity contribution in [3.63, 3.8) is 0 Å². The molecule has 0 saturated carbocycles. The average molecular weight is 198 g/mol. The molecule has 74 valence electrons. The van der Waals surface area contributed by atoms with Crippen LogP contribution in [0.3, 0.4) is 0 Å². The van der Waals surface area contributed by atoms with E-state index in [1.54, 1.807) is 6.20 Å². The van der Waals surface area contributed by atoms with Gasteiger partial charge in [0.25, 0.3) is 0 Å². The highest BCUT2D eigenvalue weighted by atomic mass is 16.1. The molecule has 0 bridgehead atoms. The molecule has 0 fully saturated rings. The van der Waals surface area contributed by atoms with Gasteiger partial charge >= 0.3 is 0 Å². The topological polar surface area (TPSA) is 42.9 Å². The van der Waals surface area contributed by atoms with Crippen molar-refractivity contribution in [2.45, 2.75) is 6.92 Å². The van der Waals surface area contributed by atoms with Gasteiger partial charge in [0.2, 0.25) is 0 Å². The van der Waals surface area contributed by atoms with Gasteiger partial charge in [-0.15, -0.1) is 0 Å². The Bertz CT molecular complexity index is 480. The van der Waals surface area contributed by atoms with Crippen molar-refractivity contribution in [2.75, 3.05) is 0 Å². The van der Waals surface area contributed by atoms with Gasteiger partial charge in [0.15, 0.2) is 5.78 Å². The first-order valence-corrected chi connectivity index (χ1v) is 4.65. The second kappa shape index (κ2) is 4.00. The smallest absolute Gasteiger partial charge is 0.178 e.